The Kier molecular flexibility index (Phi) is 2.62. The summed E-state index contributed by atoms with van der Waals surface area (Å²) in [5.74, 6) is 1.02. The van der Waals surface area contributed by atoms with Gasteiger partial charge in [0.1, 0.15) is 10.7 Å². The zero-order valence-electron chi connectivity index (χ0n) is 9.21. The number of thiazole rings is 1. The molecule has 0 aromatic carbocycles. The lowest BCUT2D eigenvalue weighted by Crippen LogP contribution is -2.06. The van der Waals surface area contributed by atoms with Gasteiger partial charge in [0.05, 0.1) is 11.9 Å². The van der Waals surface area contributed by atoms with Crippen LogP contribution in [0.3, 0.4) is 0 Å². The molecule has 3 rings (SSSR count). The summed E-state index contributed by atoms with van der Waals surface area (Å²) in [7, 11) is 0. The fourth-order valence-electron chi connectivity index (χ4n) is 1.91. The minimum Gasteiger partial charge on any atom is -0.330 e. The molecule has 0 aliphatic heterocycles. The normalized spacial score (nSPS) is 11.1. The molecule has 4 nitrogen and oxygen atoms in total. The van der Waals surface area contributed by atoms with E-state index in [0.717, 1.165) is 28.3 Å². The summed E-state index contributed by atoms with van der Waals surface area (Å²) in [6.07, 6.45) is 6.31. The molecular weight excluding hydrogens is 232 g/mol. The van der Waals surface area contributed by atoms with E-state index in [0.29, 0.717) is 6.54 Å². The highest BCUT2D eigenvalue weighted by molar-refractivity contribution is 7.15. The van der Waals surface area contributed by atoms with E-state index in [1.165, 1.54) is 0 Å². The zero-order chi connectivity index (χ0) is 11.7. The van der Waals surface area contributed by atoms with E-state index in [-0.39, 0.29) is 0 Å². The van der Waals surface area contributed by atoms with E-state index in [4.69, 9.17) is 5.73 Å². The molecule has 0 radical (unpaired) electrons. The van der Waals surface area contributed by atoms with E-state index in [9.17, 15) is 0 Å². The van der Waals surface area contributed by atoms with Crippen molar-refractivity contribution in [3.63, 3.8) is 0 Å². The number of nitrogens with two attached hydrogens (primary N) is 1. The molecule has 86 valence electrons. The second-order valence-corrected chi connectivity index (χ2v) is 4.63. The Morgan fingerprint density at radius 1 is 1.29 bits per heavy atom. The summed E-state index contributed by atoms with van der Waals surface area (Å²) < 4.78 is 2.17. The summed E-state index contributed by atoms with van der Waals surface area (Å²) in [6, 6.07) is 4.02. The van der Waals surface area contributed by atoms with Gasteiger partial charge in [0.15, 0.2) is 0 Å². The quantitative estimate of drug-likeness (QED) is 0.766. The molecule has 3 aromatic heterocycles. The lowest BCUT2D eigenvalue weighted by atomic mass is 10.2. The highest BCUT2D eigenvalue weighted by atomic mass is 32.1. The molecule has 0 atom stereocenters. The van der Waals surface area contributed by atoms with Crippen molar-refractivity contribution in [3.05, 3.63) is 41.9 Å². The van der Waals surface area contributed by atoms with E-state index in [2.05, 4.69) is 19.7 Å². The molecule has 0 unspecified atom stereocenters. The van der Waals surface area contributed by atoms with Crippen LogP contribution in [0.2, 0.25) is 0 Å². The van der Waals surface area contributed by atoms with Gasteiger partial charge < -0.3 is 5.73 Å². The largest absolute Gasteiger partial charge is 0.330 e. The Hall–Kier alpha value is -1.72. The fourth-order valence-corrected chi connectivity index (χ4v) is 2.80. The average Bonchev–Trinajstić information content (AvgIpc) is 2.94. The first-order valence-corrected chi connectivity index (χ1v) is 6.32. The lowest BCUT2D eigenvalue weighted by molar-refractivity contribution is 0.869. The van der Waals surface area contributed by atoms with Crippen LogP contribution >= 0.6 is 11.3 Å². The topological polar surface area (TPSA) is 56.2 Å². The summed E-state index contributed by atoms with van der Waals surface area (Å²) in [4.78, 5) is 9.60. The van der Waals surface area contributed by atoms with Crippen LogP contribution in [-0.4, -0.2) is 20.9 Å². The van der Waals surface area contributed by atoms with Crippen LogP contribution in [-0.2, 0) is 6.42 Å². The number of rotatable bonds is 3. The van der Waals surface area contributed by atoms with E-state index < -0.39 is 0 Å². The average molecular weight is 244 g/mol. The predicted molar refractivity (Wildman–Crippen MR) is 69.1 cm³/mol. The van der Waals surface area contributed by atoms with Gasteiger partial charge in [-0.3, -0.25) is 9.38 Å². The van der Waals surface area contributed by atoms with Crippen LogP contribution < -0.4 is 5.73 Å². The molecule has 17 heavy (non-hydrogen) atoms. The van der Waals surface area contributed by atoms with E-state index in [1.54, 1.807) is 23.7 Å². The van der Waals surface area contributed by atoms with Gasteiger partial charge in [-0.05, 0) is 18.7 Å². The Morgan fingerprint density at radius 3 is 2.88 bits per heavy atom. The van der Waals surface area contributed by atoms with Crippen LogP contribution in [0.5, 0.6) is 0 Å². The van der Waals surface area contributed by atoms with Gasteiger partial charge >= 0.3 is 0 Å². The molecule has 0 saturated heterocycles. The number of hydrogen-bond acceptors (Lipinski definition) is 4. The van der Waals surface area contributed by atoms with Gasteiger partial charge in [-0.1, -0.05) is 0 Å². The highest BCUT2D eigenvalue weighted by Crippen LogP contribution is 2.27. The summed E-state index contributed by atoms with van der Waals surface area (Å²) >= 11 is 1.69. The Labute approximate surface area is 103 Å². The molecule has 0 bridgehead atoms. The third-order valence-corrected chi connectivity index (χ3v) is 3.55. The molecule has 0 amide bonds. The van der Waals surface area contributed by atoms with E-state index >= 15 is 0 Å². The van der Waals surface area contributed by atoms with Crippen LogP contribution in [0.15, 0.2) is 36.1 Å². The summed E-state index contributed by atoms with van der Waals surface area (Å²) in [5.41, 5.74) is 7.92. The molecule has 3 aromatic rings. The number of nitrogens with zero attached hydrogens (tertiary/aromatic N) is 3. The van der Waals surface area contributed by atoms with Crippen molar-refractivity contribution < 1.29 is 0 Å². The SMILES string of the molecule is NCCc1ncc2scc(-c3ccncc3)n12. The maximum atomic E-state index is 5.61. The maximum absolute atomic E-state index is 5.61. The number of imidazole rings is 1. The van der Waals surface area contributed by atoms with Crippen molar-refractivity contribution >= 4 is 16.2 Å². The summed E-state index contributed by atoms with van der Waals surface area (Å²) in [6.45, 7) is 0.616. The standard InChI is InChI=1S/C12H12N4S/c13-4-1-11-15-7-12-16(11)10(8-17-12)9-2-5-14-6-3-9/h2-3,5-8H,1,4,13H2. The van der Waals surface area contributed by atoms with Crippen molar-refractivity contribution in [2.75, 3.05) is 6.54 Å². The zero-order valence-corrected chi connectivity index (χ0v) is 10.0. The minimum atomic E-state index is 0.616. The molecule has 5 heteroatoms. The van der Waals surface area contributed by atoms with Gasteiger partial charge in [-0.2, -0.15) is 0 Å². The van der Waals surface area contributed by atoms with Gasteiger partial charge in [0.2, 0.25) is 0 Å². The van der Waals surface area contributed by atoms with Crippen molar-refractivity contribution in [3.8, 4) is 11.3 Å². The number of hydrogen-bond donors (Lipinski definition) is 1. The molecular formula is C12H12N4S. The third-order valence-electron chi connectivity index (χ3n) is 2.68. The number of aromatic nitrogens is 3. The van der Waals surface area contributed by atoms with Crippen LogP contribution in [0, 0.1) is 0 Å². The van der Waals surface area contributed by atoms with Gasteiger partial charge in [-0.15, -0.1) is 11.3 Å². The lowest BCUT2D eigenvalue weighted by Gasteiger charge is -2.02. The molecule has 2 N–H and O–H groups in total. The maximum Gasteiger partial charge on any atom is 0.120 e. The first-order chi connectivity index (χ1) is 8.40. The Balaban J connectivity index is 2.19. The van der Waals surface area contributed by atoms with Crippen molar-refractivity contribution in [2.45, 2.75) is 6.42 Å². The smallest absolute Gasteiger partial charge is 0.120 e. The molecule has 3 heterocycles. The van der Waals surface area contributed by atoms with Crippen molar-refractivity contribution in [2.24, 2.45) is 5.73 Å². The minimum absolute atomic E-state index is 0.616. The van der Waals surface area contributed by atoms with Crippen LogP contribution in [0.4, 0.5) is 0 Å². The van der Waals surface area contributed by atoms with Crippen molar-refractivity contribution in [1.29, 1.82) is 0 Å². The second kappa shape index (κ2) is 4.27. The first kappa shape index (κ1) is 10.4. The number of fused-ring (bicyclic) bond motifs is 1. The first-order valence-electron chi connectivity index (χ1n) is 5.44. The monoisotopic (exact) mass is 244 g/mol. The van der Waals surface area contributed by atoms with E-state index in [1.807, 2.05) is 18.3 Å². The van der Waals surface area contributed by atoms with Crippen LogP contribution in [0.1, 0.15) is 5.82 Å². The molecule has 0 fully saturated rings. The summed E-state index contributed by atoms with van der Waals surface area (Å²) in [5, 5.41) is 2.15. The highest BCUT2D eigenvalue weighted by Gasteiger charge is 2.10. The second-order valence-electron chi connectivity index (χ2n) is 3.74. The Morgan fingerprint density at radius 2 is 2.12 bits per heavy atom. The molecule has 0 aliphatic rings. The van der Waals surface area contributed by atoms with Crippen molar-refractivity contribution in [1.82, 2.24) is 14.4 Å². The third kappa shape index (κ3) is 1.73. The van der Waals surface area contributed by atoms with Gasteiger partial charge in [0, 0.05) is 29.8 Å². The predicted octanol–water partition coefficient (Wildman–Crippen LogP) is 1.96. The van der Waals surface area contributed by atoms with Gasteiger partial charge in [0.25, 0.3) is 0 Å². The number of pyridine rings is 1. The molecule has 0 spiro atoms. The van der Waals surface area contributed by atoms with Gasteiger partial charge in [-0.25, -0.2) is 4.98 Å². The Bertz CT molecular complexity index is 626. The fraction of sp³-hybridized carbons (Fsp3) is 0.167. The molecule has 0 saturated carbocycles. The molecule has 0 aliphatic carbocycles. The van der Waals surface area contributed by atoms with Crippen LogP contribution in [0.25, 0.3) is 16.1 Å².